The Morgan fingerprint density at radius 1 is 1.17 bits per heavy atom. The summed E-state index contributed by atoms with van der Waals surface area (Å²) in [7, 11) is 1.68. The molecule has 2 fully saturated rings. The number of para-hydroxylation sites is 1. The lowest BCUT2D eigenvalue weighted by Crippen LogP contribution is -2.54. The average Bonchev–Trinajstić information content (AvgIpc) is 2.73. The fourth-order valence-electron chi connectivity index (χ4n) is 4.00. The zero-order chi connectivity index (χ0) is 19.9. The van der Waals surface area contributed by atoms with Crippen molar-refractivity contribution in [1.29, 1.82) is 0 Å². The maximum atomic E-state index is 13.0. The Balaban J connectivity index is 0.00000300. The van der Waals surface area contributed by atoms with Crippen molar-refractivity contribution in [2.24, 2.45) is 11.7 Å². The monoisotopic (exact) mass is 426 g/mol. The number of hydrogen-bond donors (Lipinski definition) is 2. The van der Waals surface area contributed by atoms with Crippen molar-refractivity contribution in [3.63, 3.8) is 0 Å². The molecule has 0 aliphatic carbocycles. The van der Waals surface area contributed by atoms with Crippen molar-refractivity contribution in [1.82, 2.24) is 15.1 Å². The van der Waals surface area contributed by atoms with Gasteiger partial charge in [-0.25, -0.2) is 4.79 Å². The lowest BCUT2D eigenvalue weighted by atomic mass is 9.91. The Morgan fingerprint density at radius 3 is 2.45 bits per heavy atom. The zero-order valence-electron chi connectivity index (χ0n) is 16.8. The van der Waals surface area contributed by atoms with Gasteiger partial charge in [-0.3, -0.25) is 9.69 Å². The molecule has 3 N–H and O–H groups in total. The van der Waals surface area contributed by atoms with E-state index in [0.717, 1.165) is 56.9 Å². The number of ether oxygens (including phenoxy) is 2. The quantitative estimate of drug-likeness (QED) is 0.710. The number of nitrogens with one attached hydrogen (secondary N) is 1. The molecule has 2 saturated heterocycles. The third kappa shape index (κ3) is 6.22. The third-order valence-electron chi connectivity index (χ3n) is 5.57. The molecule has 0 bridgehead atoms. The highest BCUT2D eigenvalue weighted by molar-refractivity contribution is 5.85. The van der Waals surface area contributed by atoms with Gasteiger partial charge in [0.05, 0.1) is 7.11 Å². The zero-order valence-corrected chi connectivity index (χ0v) is 17.7. The summed E-state index contributed by atoms with van der Waals surface area (Å²) in [5.74, 6) is 0.775. The Morgan fingerprint density at radius 2 is 1.83 bits per heavy atom. The number of primary amides is 1. The highest BCUT2D eigenvalue weighted by atomic mass is 35.5. The van der Waals surface area contributed by atoms with Crippen LogP contribution in [0, 0.1) is 5.92 Å². The van der Waals surface area contributed by atoms with Gasteiger partial charge in [-0.2, -0.15) is 0 Å². The predicted octanol–water partition coefficient (Wildman–Crippen LogP) is 1.22. The van der Waals surface area contributed by atoms with Crippen molar-refractivity contribution < 1.29 is 19.1 Å². The van der Waals surface area contributed by atoms with Gasteiger partial charge < -0.3 is 25.4 Å². The number of benzene rings is 1. The highest BCUT2D eigenvalue weighted by Gasteiger charge is 2.36. The molecule has 0 spiro atoms. The number of methoxy groups -OCH3 is 1. The number of carbonyl (C=O) groups is 2. The summed E-state index contributed by atoms with van der Waals surface area (Å²) in [5, 5.41) is 3.27. The van der Waals surface area contributed by atoms with Crippen molar-refractivity contribution in [2.75, 3.05) is 46.4 Å². The molecular formula is C20H31ClN4O4. The molecule has 1 aromatic rings. The molecule has 9 heteroatoms. The van der Waals surface area contributed by atoms with Gasteiger partial charge >= 0.3 is 6.09 Å². The maximum Gasteiger partial charge on any atom is 0.405 e. The Hall–Kier alpha value is -2.03. The third-order valence-corrected chi connectivity index (χ3v) is 5.57. The van der Waals surface area contributed by atoms with Crippen LogP contribution in [0.1, 0.15) is 18.4 Å². The molecule has 0 radical (unpaired) electrons. The normalized spacial score (nSPS) is 19.1. The van der Waals surface area contributed by atoms with E-state index in [0.29, 0.717) is 13.1 Å². The van der Waals surface area contributed by atoms with Gasteiger partial charge in [0.25, 0.3) is 5.91 Å². The van der Waals surface area contributed by atoms with Crippen LogP contribution < -0.4 is 15.8 Å². The fourth-order valence-corrected chi connectivity index (χ4v) is 4.00. The molecular weight excluding hydrogens is 396 g/mol. The number of amides is 2. The molecule has 3 rings (SSSR count). The number of piperazine rings is 1. The molecule has 2 aliphatic heterocycles. The molecule has 0 unspecified atom stereocenters. The van der Waals surface area contributed by atoms with E-state index in [1.807, 2.05) is 18.2 Å². The van der Waals surface area contributed by atoms with Crippen LogP contribution in [-0.4, -0.2) is 74.3 Å². The predicted molar refractivity (Wildman–Crippen MR) is 112 cm³/mol. The lowest BCUT2D eigenvalue weighted by Gasteiger charge is -2.38. The van der Waals surface area contributed by atoms with Gasteiger partial charge in [-0.15, -0.1) is 12.4 Å². The standard InChI is InChI=1S/C20H30N4O4.ClH/c1-27-17-5-3-2-4-16(17)14-23-10-12-24(13-11-23)19(25)18(28-20(21)26)15-6-8-22-9-7-15;/h2-5,15,18,22H,6-14H2,1H3,(H2,21,26);1H/t18-;/m1./s1. The Labute approximate surface area is 178 Å². The van der Waals surface area contributed by atoms with Crippen molar-refractivity contribution in [2.45, 2.75) is 25.5 Å². The van der Waals surface area contributed by atoms with Crippen molar-refractivity contribution >= 4 is 24.4 Å². The first kappa shape index (κ1) is 23.3. The van der Waals surface area contributed by atoms with Gasteiger partial charge in [-0.1, -0.05) is 18.2 Å². The Kier molecular flexibility index (Phi) is 9.00. The second-order valence-corrected chi connectivity index (χ2v) is 7.36. The van der Waals surface area contributed by atoms with E-state index in [9.17, 15) is 9.59 Å². The minimum Gasteiger partial charge on any atom is -0.496 e. The van der Waals surface area contributed by atoms with Crippen LogP contribution in [-0.2, 0) is 16.1 Å². The summed E-state index contributed by atoms with van der Waals surface area (Å²) in [6.45, 7) is 5.17. The van der Waals surface area contributed by atoms with Gasteiger partial charge in [0, 0.05) is 44.2 Å². The van der Waals surface area contributed by atoms with Gasteiger partial charge in [0.2, 0.25) is 0 Å². The van der Waals surface area contributed by atoms with E-state index >= 15 is 0 Å². The van der Waals surface area contributed by atoms with E-state index in [2.05, 4.69) is 16.3 Å². The van der Waals surface area contributed by atoms with Crippen molar-refractivity contribution in [3.05, 3.63) is 29.8 Å². The SMILES string of the molecule is COc1ccccc1CN1CCN(C(=O)[C@H](OC(N)=O)C2CCNCC2)CC1.Cl. The number of halogens is 1. The average molecular weight is 427 g/mol. The van der Waals surface area contributed by atoms with Gasteiger partial charge in [-0.05, 0) is 32.0 Å². The van der Waals surface area contributed by atoms with Crippen LogP contribution in [0.15, 0.2) is 24.3 Å². The van der Waals surface area contributed by atoms with Crippen LogP contribution >= 0.6 is 12.4 Å². The Bertz CT molecular complexity index is 676. The lowest BCUT2D eigenvalue weighted by molar-refractivity contribution is -0.145. The van der Waals surface area contributed by atoms with Gasteiger partial charge in [0.1, 0.15) is 5.75 Å². The van der Waals surface area contributed by atoms with E-state index in [4.69, 9.17) is 15.2 Å². The summed E-state index contributed by atoms with van der Waals surface area (Å²) in [4.78, 5) is 28.5. The maximum absolute atomic E-state index is 13.0. The van der Waals surface area contributed by atoms with Crippen LogP contribution in [0.5, 0.6) is 5.75 Å². The molecule has 1 aromatic carbocycles. The van der Waals surface area contributed by atoms with Crippen LogP contribution in [0.2, 0.25) is 0 Å². The number of carbonyl (C=O) groups excluding carboxylic acids is 2. The molecule has 0 aromatic heterocycles. The number of nitrogens with zero attached hydrogens (tertiary/aromatic N) is 2. The largest absolute Gasteiger partial charge is 0.496 e. The molecule has 2 amide bonds. The van der Waals surface area contributed by atoms with Crippen LogP contribution in [0.4, 0.5) is 4.79 Å². The number of piperidine rings is 1. The first-order valence-electron chi connectivity index (χ1n) is 9.88. The van der Waals surface area contributed by atoms with E-state index in [1.54, 1.807) is 12.0 Å². The molecule has 8 nitrogen and oxygen atoms in total. The summed E-state index contributed by atoms with van der Waals surface area (Å²) >= 11 is 0. The molecule has 162 valence electrons. The number of rotatable bonds is 6. The molecule has 1 atom stereocenters. The second-order valence-electron chi connectivity index (χ2n) is 7.36. The number of hydrogen-bond acceptors (Lipinski definition) is 6. The topological polar surface area (TPSA) is 97.1 Å². The summed E-state index contributed by atoms with van der Waals surface area (Å²) in [6, 6.07) is 7.98. The highest BCUT2D eigenvalue weighted by Crippen LogP contribution is 2.23. The first-order valence-corrected chi connectivity index (χ1v) is 9.88. The summed E-state index contributed by atoms with van der Waals surface area (Å²) in [5.41, 5.74) is 6.37. The smallest absolute Gasteiger partial charge is 0.405 e. The summed E-state index contributed by atoms with van der Waals surface area (Å²) in [6.07, 6.45) is -0.0541. The minimum absolute atomic E-state index is 0. The summed E-state index contributed by atoms with van der Waals surface area (Å²) < 4.78 is 10.7. The van der Waals surface area contributed by atoms with Crippen LogP contribution in [0.25, 0.3) is 0 Å². The molecule has 2 aliphatic rings. The minimum atomic E-state index is -0.883. The van der Waals surface area contributed by atoms with E-state index < -0.39 is 12.2 Å². The molecule has 29 heavy (non-hydrogen) atoms. The van der Waals surface area contributed by atoms with E-state index in [-0.39, 0.29) is 24.2 Å². The van der Waals surface area contributed by atoms with Gasteiger partial charge in [0.15, 0.2) is 6.10 Å². The van der Waals surface area contributed by atoms with Crippen LogP contribution in [0.3, 0.4) is 0 Å². The number of nitrogens with two attached hydrogens (primary N) is 1. The van der Waals surface area contributed by atoms with E-state index in [1.165, 1.54) is 0 Å². The second kappa shape index (κ2) is 11.2. The molecule has 0 saturated carbocycles. The molecule has 2 heterocycles. The fraction of sp³-hybridized carbons (Fsp3) is 0.600. The first-order chi connectivity index (χ1) is 13.6. The van der Waals surface area contributed by atoms with Crippen molar-refractivity contribution in [3.8, 4) is 5.75 Å².